The van der Waals surface area contributed by atoms with Gasteiger partial charge in [0.25, 0.3) is 5.91 Å². The Labute approximate surface area is 116 Å². The van der Waals surface area contributed by atoms with Gasteiger partial charge in [0, 0.05) is 25.7 Å². The number of rotatable bonds is 4. The lowest BCUT2D eigenvalue weighted by Gasteiger charge is -2.33. The molecule has 1 fully saturated rings. The largest absolute Gasteiger partial charge is 0.366 e. The third-order valence-corrected chi connectivity index (χ3v) is 4.00. The molecule has 1 saturated heterocycles. The minimum atomic E-state index is -0.521. The number of nitrogens with two attached hydrogens (primary N) is 1. The summed E-state index contributed by atoms with van der Waals surface area (Å²) in [5.74, 6) is -0.634. The average Bonchev–Trinajstić information content (AvgIpc) is 2.80. The Kier molecular flexibility index (Phi) is 4.52. The van der Waals surface area contributed by atoms with Gasteiger partial charge in [0.2, 0.25) is 5.91 Å². The van der Waals surface area contributed by atoms with Crippen molar-refractivity contribution in [3.8, 4) is 0 Å². The second-order valence-corrected chi connectivity index (χ2v) is 5.52. The monoisotopic (exact) mass is 282 g/mol. The van der Waals surface area contributed by atoms with Gasteiger partial charge in [-0.25, -0.2) is 0 Å². The van der Waals surface area contributed by atoms with E-state index in [1.165, 1.54) is 11.3 Å². The van der Waals surface area contributed by atoms with Crippen LogP contribution >= 0.6 is 11.3 Å². The molecule has 0 unspecified atom stereocenters. The maximum absolute atomic E-state index is 12.0. The number of nitrogens with one attached hydrogen (secondary N) is 2. The Morgan fingerprint density at radius 2 is 2.42 bits per heavy atom. The first-order valence-electron chi connectivity index (χ1n) is 6.20. The second-order valence-electron chi connectivity index (χ2n) is 4.60. The summed E-state index contributed by atoms with van der Waals surface area (Å²) >= 11 is 1.31. The van der Waals surface area contributed by atoms with Crippen LogP contribution in [-0.4, -0.2) is 48.9 Å². The molecule has 19 heavy (non-hydrogen) atoms. The maximum atomic E-state index is 12.0. The third kappa shape index (κ3) is 3.52. The van der Waals surface area contributed by atoms with Gasteiger partial charge < -0.3 is 16.4 Å². The zero-order chi connectivity index (χ0) is 13.8. The molecule has 0 radical (unpaired) electrons. The van der Waals surface area contributed by atoms with Crippen LogP contribution in [-0.2, 0) is 4.79 Å². The second kappa shape index (κ2) is 6.14. The number of carbonyl (C=O) groups is 2. The van der Waals surface area contributed by atoms with Crippen LogP contribution < -0.4 is 16.4 Å². The van der Waals surface area contributed by atoms with Crippen molar-refractivity contribution in [1.29, 1.82) is 0 Å². The summed E-state index contributed by atoms with van der Waals surface area (Å²) < 4.78 is 0. The Balaban J connectivity index is 1.93. The number of nitrogens with zero attached hydrogens (tertiary/aromatic N) is 1. The van der Waals surface area contributed by atoms with E-state index in [4.69, 9.17) is 5.73 Å². The van der Waals surface area contributed by atoms with Crippen molar-refractivity contribution in [1.82, 2.24) is 10.2 Å². The molecule has 1 aromatic rings. The average molecular weight is 282 g/mol. The SMILES string of the molecule is C[C@H]1CNCCN1CC(=O)Nc1sccc1C(N)=O. The summed E-state index contributed by atoms with van der Waals surface area (Å²) in [6.45, 7) is 5.04. The van der Waals surface area contributed by atoms with Crippen LogP contribution in [0.4, 0.5) is 5.00 Å². The summed E-state index contributed by atoms with van der Waals surface area (Å²) in [7, 11) is 0. The van der Waals surface area contributed by atoms with Gasteiger partial charge in [-0.2, -0.15) is 0 Å². The van der Waals surface area contributed by atoms with E-state index in [-0.39, 0.29) is 5.91 Å². The molecule has 2 heterocycles. The highest BCUT2D eigenvalue weighted by Gasteiger charge is 2.21. The van der Waals surface area contributed by atoms with Crippen LogP contribution in [0.2, 0.25) is 0 Å². The summed E-state index contributed by atoms with van der Waals surface area (Å²) in [5.41, 5.74) is 5.61. The zero-order valence-corrected chi connectivity index (χ0v) is 11.6. The number of amides is 2. The van der Waals surface area contributed by atoms with Crippen LogP contribution in [0.1, 0.15) is 17.3 Å². The highest BCUT2D eigenvalue weighted by molar-refractivity contribution is 7.14. The van der Waals surface area contributed by atoms with E-state index in [0.29, 0.717) is 23.2 Å². The number of anilines is 1. The summed E-state index contributed by atoms with van der Waals surface area (Å²) in [4.78, 5) is 25.3. The van der Waals surface area contributed by atoms with E-state index >= 15 is 0 Å². The highest BCUT2D eigenvalue weighted by atomic mass is 32.1. The first-order chi connectivity index (χ1) is 9.08. The normalized spacial score (nSPS) is 20.2. The number of carbonyl (C=O) groups excluding carboxylic acids is 2. The number of thiophene rings is 1. The predicted octanol–water partition coefficient (Wildman–Crippen LogP) is 0.0792. The van der Waals surface area contributed by atoms with Gasteiger partial charge in [-0.1, -0.05) is 0 Å². The Morgan fingerprint density at radius 1 is 1.63 bits per heavy atom. The molecule has 4 N–H and O–H groups in total. The number of hydrogen-bond acceptors (Lipinski definition) is 5. The zero-order valence-electron chi connectivity index (χ0n) is 10.8. The van der Waals surface area contributed by atoms with Gasteiger partial charge in [0.15, 0.2) is 0 Å². The smallest absolute Gasteiger partial charge is 0.251 e. The fraction of sp³-hybridized carbons (Fsp3) is 0.500. The lowest BCUT2D eigenvalue weighted by atomic mass is 10.2. The van der Waals surface area contributed by atoms with Crippen molar-refractivity contribution in [2.24, 2.45) is 5.73 Å². The Hall–Kier alpha value is -1.44. The van der Waals surface area contributed by atoms with Gasteiger partial charge >= 0.3 is 0 Å². The molecule has 0 spiro atoms. The number of hydrogen-bond donors (Lipinski definition) is 3. The molecule has 2 rings (SSSR count). The molecule has 1 aliphatic rings. The minimum absolute atomic E-state index is 0.112. The van der Waals surface area contributed by atoms with Gasteiger partial charge in [0.1, 0.15) is 5.00 Å². The lowest BCUT2D eigenvalue weighted by Crippen LogP contribution is -2.52. The van der Waals surface area contributed by atoms with Crippen molar-refractivity contribution in [3.05, 3.63) is 17.0 Å². The molecular weight excluding hydrogens is 264 g/mol. The summed E-state index contributed by atoms with van der Waals surface area (Å²) in [6.07, 6.45) is 0. The molecule has 1 atom stereocenters. The topological polar surface area (TPSA) is 87.5 Å². The molecule has 1 aliphatic heterocycles. The van der Waals surface area contributed by atoms with E-state index < -0.39 is 5.91 Å². The Bertz CT molecular complexity index is 474. The minimum Gasteiger partial charge on any atom is -0.366 e. The first-order valence-corrected chi connectivity index (χ1v) is 7.08. The van der Waals surface area contributed by atoms with E-state index in [9.17, 15) is 9.59 Å². The highest BCUT2D eigenvalue weighted by Crippen LogP contribution is 2.22. The van der Waals surface area contributed by atoms with E-state index in [1.54, 1.807) is 11.4 Å². The maximum Gasteiger partial charge on any atom is 0.251 e. The molecule has 0 bridgehead atoms. The number of piperazine rings is 1. The van der Waals surface area contributed by atoms with Crippen LogP contribution in [0.5, 0.6) is 0 Å². The first kappa shape index (κ1) is 14.0. The molecule has 2 amide bonds. The van der Waals surface area contributed by atoms with Crippen molar-refractivity contribution in [2.45, 2.75) is 13.0 Å². The van der Waals surface area contributed by atoms with Gasteiger partial charge in [-0.15, -0.1) is 11.3 Å². The van der Waals surface area contributed by atoms with Crippen LogP contribution in [0, 0.1) is 0 Å². The Morgan fingerprint density at radius 3 is 3.11 bits per heavy atom. The van der Waals surface area contributed by atoms with Gasteiger partial charge in [-0.3, -0.25) is 14.5 Å². The quantitative estimate of drug-likeness (QED) is 0.730. The predicted molar refractivity (Wildman–Crippen MR) is 75.4 cm³/mol. The molecule has 0 saturated carbocycles. The van der Waals surface area contributed by atoms with Crippen LogP contribution in [0.15, 0.2) is 11.4 Å². The summed E-state index contributed by atoms with van der Waals surface area (Å²) in [5, 5.41) is 8.30. The fourth-order valence-corrected chi connectivity index (χ4v) is 2.88. The molecule has 0 aliphatic carbocycles. The van der Waals surface area contributed by atoms with Crippen molar-refractivity contribution in [3.63, 3.8) is 0 Å². The van der Waals surface area contributed by atoms with E-state index in [0.717, 1.165) is 19.6 Å². The third-order valence-electron chi connectivity index (χ3n) is 3.17. The van der Waals surface area contributed by atoms with Crippen molar-refractivity contribution >= 4 is 28.2 Å². The van der Waals surface area contributed by atoms with E-state index in [1.807, 2.05) is 0 Å². The van der Waals surface area contributed by atoms with Gasteiger partial charge in [-0.05, 0) is 18.4 Å². The van der Waals surface area contributed by atoms with Crippen molar-refractivity contribution in [2.75, 3.05) is 31.5 Å². The summed E-state index contributed by atoms with van der Waals surface area (Å²) in [6, 6.07) is 1.95. The molecule has 104 valence electrons. The van der Waals surface area contributed by atoms with Crippen molar-refractivity contribution < 1.29 is 9.59 Å². The standard InChI is InChI=1S/C12H18N4O2S/c1-8-6-14-3-4-16(8)7-10(17)15-12-9(11(13)18)2-5-19-12/h2,5,8,14H,3-4,6-7H2,1H3,(H2,13,18)(H,15,17)/t8-/m0/s1. The molecule has 6 nitrogen and oxygen atoms in total. The van der Waals surface area contributed by atoms with Crippen LogP contribution in [0.3, 0.4) is 0 Å². The van der Waals surface area contributed by atoms with Gasteiger partial charge in [0.05, 0.1) is 12.1 Å². The molecular formula is C12H18N4O2S. The fourth-order valence-electron chi connectivity index (χ4n) is 2.07. The number of primary amides is 1. The molecule has 7 heteroatoms. The molecule has 1 aromatic heterocycles. The lowest BCUT2D eigenvalue weighted by molar-refractivity contribution is -0.118. The van der Waals surface area contributed by atoms with E-state index in [2.05, 4.69) is 22.5 Å². The van der Waals surface area contributed by atoms with Crippen LogP contribution in [0.25, 0.3) is 0 Å². The molecule has 0 aromatic carbocycles.